The Balaban J connectivity index is 2.39. The molecule has 0 aromatic heterocycles. The van der Waals surface area contributed by atoms with E-state index in [9.17, 15) is 0 Å². The molecule has 0 aliphatic rings. The molecule has 1 N–H and O–H groups in total. The zero-order valence-electron chi connectivity index (χ0n) is 10.6. The topological polar surface area (TPSA) is 48.3 Å². The van der Waals surface area contributed by atoms with Crippen molar-refractivity contribution in [2.45, 2.75) is 13.0 Å². The molecule has 0 radical (unpaired) electrons. The van der Waals surface area contributed by atoms with E-state index in [4.69, 9.17) is 22.2 Å². The summed E-state index contributed by atoms with van der Waals surface area (Å²) in [7, 11) is 3.52. The van der Waals surface area contributed by atoms with E-state index >= 15 is 0 Å². The molecular formula is C13H17N3OS. The normalized spacial score (nSPS) is 9.39. The molecule has 1 rings (SSSR count). The number of thiocarbonyl (C=S) groups is 1. The van der Waals surface area contributed by atoms with Gasteiger partial charge in [0.1, 0.15) is 5.75 Å². The zero-order valence-corrected chi connectivity index (χ0v) is 11.5. The Morgan fingerprint density at radius 2 is 2.11 bits per heavy atom. The minimum atomic E-state index is 0.473. The molecule has 0 unspecified atom stereocenters. The summed E-state index contributed by atoms with van der Waals surface area (Å²) in [6.45, 7) is 1.31. The highest BCUT2D eigenvalue weighted by molar-refractivity contribution is 7.80. The molecule has 18 heavy (non-hydrogen) atoms. The van der Waals surface area contributed by atoms with Gasteiger partial charge in [0.05, 0.1) is 19.6 Å². The molecule has 0 saturated carbocycles. The number of benzene rings is 1. The fourth-order valence-electron chi connectivity index (χ4n) is 1.38. The van der Waals surface area contributed by atoms with Gasteiger partial charge in [-0.1, -0.05) is 12.1 Å². The summed E-state index contributed by atoms with van der Waals surface area (Å²) in [5, 5.41) is 12.3. The Morgan fingerprint density at radius 1 is 1.44 bits per heavy atom. The second kappa shape index (κ2) is 7.51. The number of methoxy groups -OCH3 is 1. The van der Waals surface area contributed by atoms with Crippen LogP contribution in [0.1, 0.15) is 12.0 Å². The van der Waals surface area contributed by atoms with Crippen LogP contribution < -0.4 is 10.1 Å². The largest absolute Gasteiger partial charge is 0.497 e. The first kappa shape index (κ1) is 14.3. The van der Waals surface area contributed by atoms with Crippen LogP contribution in [0, 0.1) is 11.3 Å². The molecule has 0 atom stereocenters. The van der Waals surface area contributed by atoms with Gasteiger partial charge in [0.15, 0.2) is 5.11 Å². The third-order valence-corrected chi connectivity index (χ3v) is 2.96. The first-order valence-electron chi connectivity index (χ1n) is 5.66. The molecule has 0 aliphatic heterocycles. The first-order chi connectivity index (χ1) is 8.67. The van der Waals surface area contributed by atoms with Crippen molar-refractivity contribution < 1.29 is 4.74 Å². The molecule has 1 aromatic rings. The maximum atomic E-state index is 8.50. The highest BCUT2D eigenvalue weighted by Gasteiger charge is 2.03. The predicted molar refractivity (Wildman–Crippen MR) is 75.3 cm³/mol. The van der Waals surface area contributed by atoms with E-state index in [1.165, 1.54) is 0 Å². The Morgan fingerprint density at radius 3 is 2.67 bits per heavy atom. The van der Waals surface area contributed by atoms with Crippen LogP contribution in [0.15, 0.2) is 24.3 Å². The summed E-state index contributed by atoms with van der Waals surface area (Å²) in [5.74, 6) is 0.840. The van der Waals surface area contributed by atoms with Crippen LogP contribution in [0.2, 0.25) is 0 Å². The van der Waals surface area contributed by atoms with Gasteiger partial charge in [-0.15, -0.1) is 0 Å². The van der Waals surface area contributed by atoms with E-state index in [1.54, 1.807) is 7.11 Å². The van der Waals surface area contributed by atoms with Gasteiger partial charge in [-0.3, -0.25) is 0 Å². The third-order valence-electron chi connectivity index (χ3n) is 2.51. The summed E-state index contributed by atoms with van der Waals surface area (Å²) < 4.78 is 5.09. The standard InChI is InChI=1S/C13H17N3OS/c1-16(9-3-8-14)13(18)15-10-11-4-6-12(17-2)7-5-11/h4-7H,3,9-10H2,1-2H3,(H,15,18). The fraction of sp³-hybridized carbons (Fsp3) is 0.385. The Bertz CT molecular complexity index is 425. The van der Waals surface area contributed by atoms with Crippen molar-refractivity contribution in [2.75, 3.05) is 20.7 Å². The van der Waals surface area contributed by atoms with Gasteiger partial charge in [0.2, 0.25) is 0 Å². The lowest BCUT2D eigenvalue weighted by molar-refractivity contribution is 0.414. The number of hydrogen-bond donors (Lipinski definition) is 1. The van der Waals surface area contributed by atoms with Crippen molar-refractivity contribution >= 4 is 17.3 Å². The van der Waals surface area contributed by atoms with Crippen molar-refractivity contribution in [3.8, 4) is 11.8 Å². The van der Waals surface area contributed by atoms with Crippen LogP contribution in [0.3, 0.4) is 0 Å². The van der Waals surface area contributed by atoms with Crippen LogP contribution in [0.5, 0.6) is 5.75 Å². The van der Waals surface area contributed by atoms with Gasteiger partial charge in [0, 0.05) is 20.1 Å². The second-order valence-corrected chi connectivity index (χ2v) is 4.22. The molecule has 0 bridgehead atoms. The minimum absolute atomic E-state index is 0.473. The van der Waals surface area contributed by atoms with E-state index in [-0.39, 0.29) is 0 Å². The number of nitriles is 1. The minimum Gasteiger partial charge on any atom is -0.497 e. The molecular weight excluding hydrogens is 246 g/mol. The molecule has 0 fully saturated rings. The Kier molecular flexibility index (Phi) is 5.95. The molecule has 96 valence electrons. The van der Waals surface area contributed by atoms with E-state index in [1.807, 2.05) is 36.2 Å². The third kappa shape index (κ3) is 4.60. The summed E-state index contributed by atoms with van der Waals surface area (Å²) >= 11 is 5.22. The molecule has 0 amide bonds. The van der Waals surface area contributed by atoms with Crippen molar-refractivity contribution in [1.82, 2.24) is 10.2 Å². The quantitative estimate of drug-likeness (QED) is 0.822. The van der Waals surface area contributed by atoms with Crippen molar-refractivity contribution in [3.05, 3.63) is 29.8 Å². The van der Waals surface area contributed by atoms with E-state index < -0.39 is 0 Å². The van der Waals surface area contributed by atoms with Crippen molar-refractivity contribution in [3.63, 3.8) is 0 Å². The van der Waals surface area contributed by atoms with Gasteiger partial charge in [-0.05, 0) is 29.9 Å². The molecule has 1 aromatic carbocycles. The maximum absolute atomic E-state index is 8.50. The van der Waals surface area contributed by atoms with Gasteiger partial charge >= 0.3 is 0 Å². The molecule has 4 nitrogen and oxygen atoms in total. The summed E-state index contributed by atoms with van der Waals surface area (Å²) in [6, 6.07) is 9.91. The molecule has 5 heteroatoms. The Labute approximate surface area is 113 Å². The van der Waals surface area contributed by atoms with Crippen molar-refractivity contribution in [1.29, 1.82) is 5.26 Å². The lowest BCUT2D eigenvalue weighted by Gasteiger charge is -2.19. The lowest BCUT2D eigenvalue weighted by atomic mass is 10.2. The van der Waals surface area contributed by atoms with E-state index in [0.717, 1.165) is 11.3 Å². The average molecular weight is 263 g/mol. The number of rotatable bonds is 5. The fourth-order valence-corrected chi connectivity index (χ4v) is 1.54. The number of nitrogens with one attached hydrogen (secondary N) is 1. The summed E-state index contributed by atoms with van der Waals surface area (Å²) in [6.07, 6.45) is 0.473. The maximum Gasteiger partial charge on any atom is 0.168 e. The van der Waals surface area contributed by atoms with Gasteiger partial charge in [0.25, 0.3) is 0 Å². The van der Waals surface area contributed by atoms with Gasteiger partial charge in [-0.2, -0.15) is 5.26 Å². The van der Waals surface area contributed by atoms with Crippen LogP contribution >= 0.6 is 12.2 Å². The molecule has 0 saturated heterocycles. The predicted octanol–water partition coefficient (Wildman–Crippen LogP) is 1.92. The molecule has 0 aliphatic carbocycles. The monoisotopic (exact) mass is 263 g/mol. The summed E-state index contributed by atoms with van der Waals surface area (Å²) in [4.78, 5) is 1.86. The molecule has 0 spiro atoms. The Hall–Kier alpha value is -1.80. The van der Waals surface area contributed by atoms with Gasteiger partial charge in [-0.25, -0.2) is 0 Å². The van der Waals surface area contributed by atoms with Gasteiger partial charge < -0.3 is 15.0 Å². The van der Waals surface area contributed by atoms with Crippen LogP contribution in [0.25, 0.3) is 0 Å². The number of nitrogens with zero attached hydrogens (tertiary/aromatic N) is 2. The van der Waals surface area contributed by atoms with Crippen LogP contribution in [-0.2, 0) is 6.54 Å². The van der Waals surface area contributed by atoms with Crippen molar-refractivity contribution in [2.24, 2.45) is 0 Å². The lowest BCUT2D eigenvalue weighted by Crippen LogP contribution is -2.37. The average Bonchev–Trinajstić information content (AvgIpc) is 2.42. The number of ether oxygens (including phenoxy) is 1. The highest BCUT2D eigenvalue weighted by Crippen LogP contribution is 2.10. The zero-order chi connectivity index (χ0) is 13.4. The van der Waals surface area contributed by atoms with E-state index in [2.05, 4.69) is 11.4 Å². The molecule has 0 heterocycles. The second-order valence-electron chi connectivity index (χ2n) is 3.84. The van der Waals surface area contributed by atoms with E-state index in [0.29, 0.717) is 24.6 Å². The van der Waals surface area contributed by atoms with Crippen LogP contribution in [0.4, 0.5) is 0 Å². The SMILES string of the molecule is COc1ccc(CNC(=S)N(C)CCC#N)cc1. The smallest absolute Gasteiger partial charge is 0.168 e. The number of hydrogen-bond acceptors (Lipinski definition) is 3. The first-order valence-corrected chi connectivity index (χ1v) is 6.07. The van der Waals surface area contributed by atoms with Crippen LogP contribution in [-0.4, -0.2) is 30.7 Å². The highest BCUT2D eigenvalue weighted by atomic mass is 32.1. The summed E-state index contributed by atoms with van der Waals surface area (Å²) in [5.41, 5.74) is 1.13.